The molecule has 0 bridgehead atoms. The molecule has 0 spiro atoms. The predicted octanol–water partition coefficient (Wildman–Crippen LogP) is 5.80. The molecule has 1 amide bonds. The standard InChI is InChI=1S/C25H40N2O7Si/c1-23(2,3)34-22(28)26-18(15-31-35(9,10)24(4,5)6)20-21(33-25(7,8)32-20)19(26)16-12-11-13-17(14-16)27(29)30/h11-14,18-21H,15H2,1-10H3/t18-,19+,20-,21+/m1/s1. The molecule has 2 aliphatic rings. The molecule has 2 fully saturated rings. The molecule has 4 atom stereocenters. The number of carbonyl (C=O) groups is 1. The van der Waals surface area contributed by atoms with Gasteiger partial charge in [0.15, 0.2) is 14.1 Å². The van der Waals surface area contributed by atoms with Gasteiger partial charge in [-0.25, -0.2) is 4.79 Å². The summed E-state index contributed by atoms with van der Waals surface area (Å²) >= 11 is 0. The van der Waals surface area contributed by atoms with E-state index in [4.69, 9.17) is 18.6 Å². The fourth-order valence-electron chi connectivity index (χ4n) is 4.30. The largest absolute Gasteiger partial charge is 0.444 e. The van der Waals surface area contributed by atoms with E-state index in [-0.39, 0.29) is 17.3 Å². The molecule has 196 valence electrons. The van der Waals surface area contributed by atoms with Gasteiger partial charge in [-0.3, -0.25) is 15.0 Å². The van der Waals surface area contributed by atoms with Gasteiger partial charge in [-0.2, -0.15) is 0 Å². The molecule has 0 unspecified atom stereocenters. The van der Waals surface area contributed by atoms with Crippen molar-refractivity contribution < 1.29 is 28.4 Å². The number of fused-ring (bicyclic) bond motifs is 1. The maximum Gasteiger partial charge on any atom is 0.411 e. The minimum absolute atomic E-state index is 0.0203. The van der Waals surface area contributed by atoms with Crippen molar-refractivity contribution in [1.82, 2.24) is 4.90 Å². The third kappa shape index (κ3) is 5.87. The summed E-state index contributed by atoms with van der Waals surface area (Å²) in [7, 11) is -2.15. The summed E-state index contributed by atoms with van der Waals surface area (Å²) in [5.74, 6) is -0.871. The van der Waals surface area contributed by atoms with E-state index in [2.05, 4.69) is 33.9 Å². The topological polar surface area (TPSA) is 100 Å². The van der Waals surface area contributed by atoms with Crippen LogP contribution < -0.4 is 0 Å². The van der Waals surface area contributed by atoms with E-state index in [0.717, 1.165) is 0 Å². The molecule has 2 saturated heterocycles. The first kappa shape index (κ1) is 27.6. The van der Waals surface area contributed by atoms with Crippen molar-refractivity contribution >= 4 is 20.1 Å². The zero-order valence-electron chi connectivity index (χ0n) is 22.6. The Labute approximate surface area is 209 Å². The highest BCUT2D eigenvalue weighted by atomic mass is 28.4. The Bertz CT molecular complexity index is 967. The second-order valence-electron chi connectivity index (χ2n) is 12.4. The first-order valence-corrected chi connectivity index (χ1v) is 15.0. The van der Waals surface area contributed by atoms with Crippen LogP contribution in [0.3, 0.4) is 0 Å². The van der Waals surface area contributed by atoms with E-state index in [9.17, 15) is 14.9 Å². The highest BCUT2D eigenvalue weighted by Gasteiger charge is 2.61. The van der Waals surface area contributed by atoms with Crippen LogP contribution in [0.5, 0.6) is 0 Å². The number of benzene rings is 1. The fourth-order valence-corrected chi connectivity index (χ4v) is 5.32. The van der Waals surface area contributed by atoms with Crippen LogP contribution in [-0.2, 0) is 18.6 Å². The molecular weight excluding hydrogens is 468 g/mol. The lowest BCUT2D eigenvalue weighted by Gasteiger charge is -2.40. The van der Waals surface area contributed by atoms with Gasteiger partial charge in [-0.15, -0.1) is 0 Å². The van der Waals surface area contributed by atoms with Gasteiger partial charge in [0, 0.05) is 12.1 Å². The summed E-state index contributed by atoms with van der Waals surface area (Å²) in [5, 5.41) is 11.5. The van der Waals surface area contributed by atoms with E-state index in [1.165, 1.54) is 12.1 Å². The number of ether oxygens (including phenoxy) is 3. The molecule has 0 aromatic heterocycles. The monoisotopic (exact) mass is 508 g/mol. The molecule has 10 heteroatoms. The molecule has 9 nitrogen and oxygen atoms in total. The molecule has 0 saturated carbocycles. The van der Waals surface area contributed by atoms with Crippen molar-refractivity contribution in [2.45, 2.75) is 109 Å². The molecule has 0 aliphatic carbocycles. The van der Waals surface area contributed by atoms with Gasteiger partial charge in [-0.05, 0) is 58.3 Å². The first-order valence-electron chi connectivity index (χ1n) is 12.1. The van der Waals surface area contributed by atoms with Crippen LogP contribution in [0, 0.1) is 10.1 Å². The van der Waals surface area contributed by atoms with Crippen molar-refractivity contribution in [3.8, 4) is 0 Å². The van der Waals surface area contributed by atoms with Crippen LogP contribution in [0.2, 0.25) is 18.1 Å². The number of non-ortho nitro benzene ring substituents is 1. The van der Waals surface area contributed by atoms with Crippen molar-refractivity contribution in [2.75, 3.05) is 6.61 Å². The molecule has 2 aliphatic heterocycles. The Morgan fingerprint density at radius 1 is 1.14 bits per heavy atom. The van der Waals surface area contributed by atoms with Crippen LogP contribution in [0.15, 0.2) is 24.3 Å². The van der Waals surface area contributed by atoms with Gasteiger partial charge in [0.25, 0.3) is 5.69 Å². The SMILES string of the molecule is CC(C)(C)OC(=O)N1[C@H](CO[Si](C)(C)C(C)(C)C)[C@H]2OC(C)(C)O[C@H]2[C@@H]1c1cccc([N+](=O)[O-])c1. The quantitative estimate of drug-likeness (QED) is 0.282. The number of carbonyl (C=O) groups excluding carboxylic acids is 1. The number of likely N-dealkylation sites (tertiary alicyclic amines) is 1. The van der Waals surface area contributed by atoms with Gasteiger partial charge >= 0.3 is 6.09 Å². The average molecular weight is 509 g/mol. The first-order chi connectivity index (χ1) is 15.8. The third-order valence-corrected chi connectivity index (χ3v) is 11.5. The molecule has 2 heterocycles. The van der Waals surface area contributed by atoms with Gasteiger partial charge in [0.1, 0.15) is 17.8 Å². The lowest BCUT2D eigenvalue weighted by atomic mass is 10.0. The minimum Gasteiger partial charge on any atom is -0.444 e. The van der Waals surface area contributed by atoms with E-state index in [1.807, 2.05) is 13.8 Å². The summed E-state index contributed by atoms with van der Waals surface area (Å²) in [4.78, 5) is 26.3. The van der Waals surface area contributed by atoms with Gasteiger partial charge < -0.3 is 18.6 Å². The number of nitrogens with zero attached hydrogens (tertiary/aromatic N) is 2. The lowest BCUT2D eigenvalue weighted by molar-refractivity contribution is -0.385. The van der Waals surface area contributed by atoms with Crippen LogP contribution in [0.1, 0.15) is 67.0 Å². The zero-order chi connectivity index (χ0) is 26.6. The van der Waals surface area contributed by atoms with Gasteiger partial charge in [0.2, 0.25) is 0 Å². The zero-order valence-corrected chi connectivity index (χ0v) is 23.6. The smallest absolute Gasteiger partial charge is 0.411 e. The molecule has 1 aromatic rings. The van der Waals surface area contributed by atoms with Gasteiger partial charge in [0.05, 0.1) is 23.6 Å². The molecule has 0 N–H and O–H groups in total. The second-order valence-corrected chi connectivity index (χ2v) is 17.2. The summed E-state index contributed by atoms with van der Waals surface area (Å²) in [6.07, 6.45) is -1.55. The van der Waals surface area contributed by atoms with E-state index in [0.29, 0.717) is 5.56 Å². The second kappa shape index (κ2) is 9.13. The van der Waals surface area contributed by atoms with Crippen LogP contribution >= 0.6 is 0 Å². The van der Waals surface area contributed by atoms with Crippen LogP contribution in [0.25, 0.3) is 0 Å². The molecule has 0 radical (unpaired) electrons. The van der Waals surface area contributed by atoms with E-state index >= 15 is 0 Å². The summed E-state index contributed by atoms with van der Waals surface area (Å²) < 4.78 is 25.0. The van der Waals surface area contributed by atoms with Crippen molar-refractivity contribution in [3.05, 3.63) is 39.9 Å². The summed E-state index contributed by atoms with van der Waals surface area (Å²) in [5.41, 5.74) is -0.188. The van der Waals surface area contributed by atoms with E-state index in [1.54, 1.807) is 37.8 Å². The maximum atomic E-state index is 13.6. The summed E-state index contributed by atoms with van der Waals surface area (Å²) in [6, 6.07) is 5.19. The molecule has 1 aromatic carbocycles. The Morgan fingerprint density at radius 3 is 2.29 bits per heavy atom. The number of hydrogen-bond donors (Lipinski definition) is 0. The Balaban J connectivity index is 2.08. The van der Waals surface area contributed by atoms with E-state index < -0.39 is 55.0 Å². The highest BCUT2D eigenvalue weighted by molar-refractivity contribution is 6.74. The number of nitro benzene ring substituents is 1. The normalized spacial score (nSPS) is 26.5. The maximum absolute atomic E-state index is 13.6. The van der Waals surface area contributed by atoms with Crippen molar-refractivity contribution in [3.63, 3.8) is 0 Å². The van der Waals surface area contributed by atoms with Crippen LogP contribution in [-0.4, -0.2) is 60.5 Å². The number of nitro groups is 1. The van der Waals surface area contributed by atoms with Gasteiger partial charge in [-0.1, -0.05) is 32.9 Å². The third-order valence-electron chi connectivity index (χ3n) is 6.96. The predicted molar refractivity (Wildman–Crippen MR) is 135 cm³/mol. The Morgan fingerprint density at radius 2 is 1.74 bits per heavy atom. The molecule has 3 rings (SSSR count). The lowest BCUT2D eigenvalue weighted by Crippen LogP contribution is -2.50. The van der Waals surface area contributed by atoms with Crippen molar-refractivity contribution in [1.29, 1.82) is 0 Å². The van der Waals surface area contributed by atoms with Crippen molar-refractivity contribution in [2.24, 2.45) is 0 Å². The Kier molecular flexibility index (Phi) is 7.20. The van der Waals surface area contributed by atoms with Crippen LogP contribution in [0.4, 0.5) is 10.5 Å². The molecule has 35 heavy (non-hydrogen) atoms. The highest BCUT2D eigenvalue weighted by Crippen LogP contribution is 2.48. The summed E-state index contributed by atoms with van der Waals surface area (Å²) in [6.45, 7) is 20.1. The Hall–Kier alpha value is -2.01. The fraction of sp³-hybridized carbons (Fsp3) is 0.720. The average Bonchev–Trinajstić information content (AvgIpc) is 3.14. The minimum atomic E-state index is -2.15. The number of rotatable bonds is 5. The number of hydrogen-bond acceptors (Lipinski definition) is 7. The molecular formula is C25H40N2O7Si. The number of amides is 1.